The molecule has 6 unspecified atom stereocenters. The zero-order chi connectivity index (χ0) is 13.7. The lowest BCUT2D eigenvalue weighted by Crippen LogP contribution is -2.30. The fraction of sp³-hybridized carbons (Fsp3) is 1.00. The van der Waals surface area contributed by atoms with Crippen molar-refractivity contribution in [1.82, 2.24) is 0 Å². The quantitative estimate of drug-likeness (QED) is 0.522. The van der Waals surface area contributed by atoms with Crippen molar-refractivity contribution in [1.29, 1.82) is 0 Å². The van der Waals surface area contributed by atoms with Gasteiger partial charge < -0.3 is 0 Å². The molecule has 17 heavy (non-hydrogen) atoms. The summed E-state index contributed by atoms with van der Waals surface area (Å²) >= 11 is 0. The van der Waals surface area contributed by atoms with Crippen molar-refractivity contribution in [2.75, 3.05) is 0 Å². The Balaban J connectivity index is 4.53. The largest absolute Gasteiger partial charge is 0.0651 e. The maximum atomic E-state index is 2.47. The average molecular weight is 240 g/mol. The van der Waals surface area contributed by atoms with Gasteiger partial charge >= 0.3 is 0 Å². The summed E-state index contributed by atoms with van der Waals surface area (Å²) in [4.78, 5) is 0. The zero-order valence-electron chi connectivity index (χ0n) is 13.7. The first-order valence-corrected chi connectivity index (χ1v) is 7.73. The van der Waals surface area contributed by atoms with E-state index in [1.165, 1.54) is 6.42 Å². The van der Waals surface area contributed by atoms with Crippen LogP contribution in [0.2, 0.25) is 0 Å². The molecule has 0 rings (SSSR count). The van der Waals surface area contributed by atoms with E-state index in [0.717, 1.165) is 41.4 Å². The highest BCUT2D eigenvalue weighted by atomic mass is 14.3. The van der Waals surface area contributed by atoms with Gasteiger partial charge in [-0.15, -0.1) is 0 Å². The maximum absolute atomic E-state index is 2.47. The summed E-state index contributed by atoms with van der Waals surface area (Å²) in [5, 5.41) is 0. The van der Waals surface area contributed by atoms with Crippen molar-refractivity contribution >= 4 is 0 Å². The monoisotopic (exact) mass is 240 g/mol. The van der Waals surface area contributed by atoms with Gasteiger partial charge in [-0.3, -0.25) is 0 Å². The molecule has 0 aliphatic carbocycles. The van der Waals surface area contributed by atoms with Crippen molar-refractivity contribution in [2.45, 2.75) is 68.7 Å². The van der Waals surface area contributed by atoms with Gasteiger partial charge in [-0.1, -0.05) is 68.7 Å². The normalized spacial score (nSPS) is 22.9. The Morgan fingerprint density at radius 2 is 0.882 bits per heavy atom. The molecule has 0 bridgehead atoms. The summed E-state index contributed by atoms with van der Waals surface area (Å²) < 4.78 is 0. The highest BCUT2D eigenvalue weighted by molar-refractivity contribution is 4.78. The molecule has 0 N–H and O–H groups in total. The SMILES string of the molecule is CCC(C)C(C)C(C)C(C)C(C)C(C)C(C)C. The topological polar surface area (TPSA) is 0 Å². The average Bonchev–Trinajstić information content (AvgIpc) is 2.32. The van der Waals surface area contributed by atoms with E-state index in [4.69, 9.17) is 0 Å². The molecule has 0 spiro atoms. The van der Waals surface area contributed by atoms with Gasteiger partial charge in [0.2, 0.25) is 0 Å². The van der Waals surface area contributed by atoms with Crippen LogP contribution in [0.15, 0.2) is 0 Å². The molecule has 0 aromatic carbocycles. The molecule has 0 aliphatic heterocycles. The second-order valence-corrected chi connectivity index (χ2v) is 6.93. The predicted molar refractivity (Wildman–Crippen MR) is 80.1 cm³/mol. The molecule has 104 valence electrons. The van der Waals surface area contributed by atoms with Gasteiger partial charge in [-0.2, -0.15) is 0 Å². The maximum Gasteiger partial charge on any atom is -0.0386 e. The molecule has 0 radical (unpaired) electrons. The molecule has 0 heterocycles. The van der Waals surface area contributed by atoms with Crippen LogP contribution in [0.3, 0.4) is 0 Å². The summed E-state index contributed by atoms with van der Waals surface area (Å²) in [5.74, 6) is 5.83. The third-order valence-corrected chi connectivity index (χ3v) is 5.91. The van der Waals surface area contributed by atoms with E-state index in [0.29, 0.717) is 0 Å². The zero-order valence-corrected chi connectivity index (χ0v) is 13.7. The molecule has 0 fully saturated rings. The third-order valence-electron chi connectivity index (χ3n) is 5.91. The van der Waals surface area contributed by atoms with E-state index in [1.54, 1.807) is 0 Å². The first-order chi connectivity index (χ1) is 7.73. The Bertz CT molecular complexity index is 194. The molecular weight excluding hydrogens is 204 g/mol. The Morgan fingerprint density at radius 3 is 1.24 bits per heavy atom. The lowest BCUT2D eigenvalue weighted by Gasteiger charge is -2.37. The summed E-state index contributed by atoms with van der Waals surface area (Å²) in [6, 6.07) is 0. The summed E-state index contributed by atoms with van der Waals surface area (Å²) in [5.41, 5.74) is 0. The Morgan fingerprint density at radius 1 is 0.529 bits per heavy atom. The van der Waals surface area contributed by atoms with Gasteiger partial charge in [0, 0.05) is 0 Å². The van der Waals surface area contributed by atoms with Crippen LogP contribution in [0.5, 0.6) is 0 Å². The van der Waals surface area contributed by atoms with Crippen LogP contribution >= 0.6 is 0 Å². The Kier molecular flexibility index (Phi) is 7.44. The van der Waals surface area contributed by atoms with E-state index in [-0.39, 0.29) is 0 Å². The van der Waals surface area contributed by atoms with Crippen molar-refractivity contribution in [3.63, 3.8) is 0 Å². The highest BCUT2D eigenvalue weighted by Gasteiger charge is 2.29. The van der Waals surface area contributed by atoms with Crippen molar-refractivity contribution in [2.24, 2.45) is 41.4 Å². The van der Waals surface area contributed by atoms with Gasteiger partial charge in [-0.25, -0.2) is 0 Å². The van der Waals surface area contributed by atoms with Gasteiger partial charge in [0.15, 0.2) is 0 Å². The fourth-order valence-corrected chi connectivity index (χ4v) is 2.93. The first-order valence-electron chi connectivity index (χ1n) is 7.73. The van der Waals surface area contributed by atoms with Crippen LogP contribution in [-0.2, 0) is 0 Å². The molecule has 0 aliphatic rings. The van der Waals surface area contributed by atoms with Gasteiger partial charge in [-0.05, 0) is 41.4 Å². The van der Waals surface area contributed by atoms with E-state index in [2.05, 4.69) is 62.3 Å². The van der Waals surface area contributed by atoms with Gasteiger partial charge in [0.05, 0.1) is 0 Å². The van der Waals surface area contributed by atoms with Crippen molar-refractivity contribution < 1.29 is 0 Å². The molecule has 0 aromatic rings. The van der Waals surface area contributed by atoms with Crippen molar-refractivity contribution in [3.05, 3.63) is 0 Å². The molecule has 0 nitrogen and oxygen atoms in total. The van der Waals surface area contributed by atoms with E-state index in [9.17, 15) is 0 Å². The molecular formula is C17H36. The van der Waals surface area contributed by atoms with Crippen LogP contribution in [0.4, 0.5) is 0 Å². The Hall–Kier alpha value is 0. The minimum absolute atomic E-state index is 0.804. The molecule has 0 saturated carbocycles. The standard InChI is InChI=1S/C17H36/c1-10-12(4)14(6)16(8)17(9)15(7)13(5)11(2)3/h11-17H,10H2,1-9H3. The van der Waals surface area contributed by atoms with Gasteiger partial charge in [0.25, 0.3) is 0 Å². The van der Waals surface area contributed by atoms with Gasteiger partial charge in [0.1, 0.15) is 0 Å². The van der Waals surface area contributed by atoms with Crippen LogP contribution in [-0.4, -0.2) is 0 Å². The van der Waals surface area contributed by atoms with E-state index in [1.807, 2.05) is 0 Å². The van der Waals surface area contributed by atoms with Crippen molar-refractivity contribution in [3.8, 4) is 0 Å². The number of rotatable bonds is 7. The van der Waals surface area contributed by atoms with E-state index >= 15 is 0 Å². The predicted octanol–water partition coefficient (Wildman–Crippen LogP) is 5.87. The summed E-state index contributed by atoms with van der Waals surface area (Å²) in [6.07, 6.45) is 1.31. The van der Waals surface area contributed by atoms with Crippen LogP contribution in [0.25, 0.3) is 0 Å². The third kappa shape index (κ3) is 4.64. The lowest BCUT2D eigenvalue weighted by molar-refractivity contribution is 0.121. The lowest BCUT2D eigenvalue weighted by atomic mass is 9.69. The summed E-state index contributed by atoms with van der Waals surface area (Å²) in [7, 11) is 0. The van der Waals surface area contributed by atoms with Crippen LogP contribution in [0.1, 0.15) is 68.7 Å². The summed E-state index contributed by atoms with van der Waals surface area (Å²) in [6.45, 7) is 21.7. The molecule has 6 atom stereocenters. The Labute approximate surface area is 111 Å². The van der Waals surface area contributed by atoms with E-state index < -0.39 is 0 Å². The minimum Gasteiger partial charge on any atom is -0.0651 e. The second-order valence-electron chi connectivity index (χ2n) is 6.93. The van der Waals surface area contributed by atoms with Crippen LogP contribution < -0.4 is 0 Å². The second kappa shape index (κ2) is 7.44. The molecule has 0 amide bonds. The smallest absolute Gasteiger partial charge is 0.0386 e. The minimum atomic E-state index is 0.804. The highest BCUT2D eigenvalue weighted by Crippen LogP contribution is 2.36. The number of hydrogen-bond acceptors (Lipinski definition) is 0. The first kappa shape index (κ1) is 17.0. The number of hydrogen-bond donors (Lipinski definition) is 0. The molecule has 0 saturated heterocycles. The molecule has 0 aromatic heterocycles. The fourth-order valence-electron chi connectivity index (χ4n) is 2.93. The molecule has 0 heteroatoms. The van der Waals surface area contributed by atoms with Crippen LogP contribution in [0, 0.1) is 41.4 Å².